The average molecular weight is 1310 g/mol. The molecule has 0 atom stereocenters. The van der Waals surface area contributed by atoms with E-state index in [1.165, 1.54) is 257 Å². The third kappa shape index (κ3) is 13.6. The molecule has 11 rings (SSSR count). The Labute approximate surface area is 564 Å². The van der Waals surface area contributed by atoms with E-state index in [0.29, 0.717) is 31.5 Å². The van der Waals surface area contributed by atoms with Gasteiger partial charge in [-0.1, -0.05) is 278 Å². The lowest BCUT2D eigenvalue weighted by Gasteiger charge is -2.35. The number of unbranched alkanes of at least 4 members (excludes halogenated alkanes) is 20. The summed E-state index contributed by atoms with van der Waals surface area (Å²) in [7, 11) is 0. The van der Waals surface area contributed by atoms with Crippen LogP contribution in [0.2, 0.25) is 0 Å². The highest BCUT2D eigenvalue weighted by molar-refractivity contribution is 8.27. The summed E-state index contributed by atoms with van der Waals surface area (Å²) in [4.78, 5) is 31.6. The van der Waals surface area contributed by atoms with E-state index in [0.717, 1.165) is 70.0 Å². The summed E-state index contributed by atoms with van der Waals surface area (Å²) in [5, 5.41) is 0. The van der Waals surface area contributed by atoms with E-state index in [9.17, 15) is 9.59 Å². The van der Waals surface area contributed by atoms with Gasteiger partial charge in [-0.15, -0.1) is 0 Å². The number of thioether (sulfide) groups is 2. The van der Waals surface area contributed by atoms with Crippen LogP contribution in [0.1, 0.15) is 255 Å². The van der Waals surface area contributed by atoms with Gasteiger partial charge >= 0.3 is 0 Å². The Balaban J connectivity index is 1.07. The molecule has 2 aromatic heterocycles. The molecule has 0 saturated carbocycles. The number of likely N-dealkylation sites (N-methyl/N-ethyl adjacent to an activating group) is 2. The van der Waals surface area contributed by atoms with Gasteiger partial charge in [-0.3, -0.25) is 19.4 Å². The number of nitrogens with zero attached hydrogens (tertiary/aromatic N) is 6. The van der Waals surface area contributed by atoms with Gasteiger partial charge in [0.1, 0.15) is 30.7 Å². The Bertz CT molecular complexity index is 3540. The molecule has 0 N–H and O–H groups in total. The molecule has 0 bridgehead atoms. The van der Waals surface area contributed by atoms with Crippen molar-refractivity contribution in [1.29, 1.82) is 0 Å². The van der Waals surface area contributed by atoms with Crippen LogP contribution >= 0.6 is 71.4 Å². The standard InChI is InChI=1S/C76H92N6O2S6/c1-7-13-17-21-25-29-41-75(42-30-26-22-18-14-8-2)61-45-51(55-37-35-53(67-69(55)79-89-77-67)47-65-71(83)81(11-5)73(85)87-65)33-39-57(61)59-50-64-60(49-63(59)75)58-40-34-52(46-62(58)76(64,43-31-27-23-19-15-9-3)44-32-28-24-20-16-10-4)56-38-36-54(68-70(56)80-90-78-68)48-66-72(84)82(12-6)74(86)88-66/h33-40,45-50H,7-32,41-44H2,1-6H3/b65-47+,66-48+. The second kappa shape index (κ2) is 30.9. The maximum Gasteiger partial charge on any atom is 0.266 e. The van der Waals surface area contributed by atoms with Crippen molar-refractivity contribution in [2.24, 2.45) is 0 Å². The van der Waals surface area contributed by atoms with Crippen LogP contribution < -0.4 is 0 Å². The van der Waals surface area contributed by atoms with Crippen LogP contribution in [0.5, 0.6) is 0 Å². The van der Waals surface area contributed by atoms with Crippen molar-refractivity contribution in [3.8, 4) is 44.5 Å². The second-order valence-electron chi connectivity index (χ2n) is 25.9. The van der Waals surface area contributed by atoms with Gasteiger partial charge in [0.2, 0.25) is 0 Å². The molecule has 2 aliphatic carbocycles. The van der Waals surface area contributed by atoms with Gasteiger partial charge in [0, 0.05) is 46.2 Å². The molecule has 4 heterocycles. The molecule has 5 aromatic carbocycles. The Morgan fingerprint density at radius 2 is 0.689 bits per heavy atom. The summed E-state index contributed by atoms with van der Waals surface area (Å²) in [6.45, 7) is 14.3. The first-order valence-corrected chi connectivity index (χ1v) is 38.5. The summed E-state index contributed by atoms with van der Waals surface area (Å²) in [6.07, 6.45) is 38.6. The molecule has 2 fully saturated rings. The predicted octanol–water partition coefficient (Wildman–Crippen LogP) is 23.0. The van der Waals surface area contributed by atoms with Gasteiger partial charge in [-0.2, -0.15) is 17.5 Å². The highest BCUT2D eigenvalue weighted by Crippen LogP contribution is 2.62. The van der Waals surface area contributed by atoms with E-state index in [1.54, 1.807) is 9.80 Å². The molecular formula is C76H92N6O2S6. The molecule has 90 heavy (non-hydrogen) atoms. The number of rotatable bonds is 34. The van der Waals surface area contributed by atoms with E-state index >= 15 is 0 Å². The highest BCUT2D eigenvalue weighted by Gasteiger charge is 2.48. The molecule has 2 aliphatic heterocycles. The fraction of sp³-hybridized carbons (Fsp3) is 0.500. The van der Waals surface area contributed by atoms with Gasteiger partial charge in [0.25, 0.3) is 11.8 Å². The van der Waals surface area contributed by atoms with Gasteiger partial charge in [0.05, 0.1) is 33.3 Å². The Hall–Kier alpha value is -4.96. The number of aromatic nitrogens is 4. The fourth-order valence-electron chi connectivity index (χ4n) is 15.3. The van der Waals surface area contributed by atoms with Crippen LogP contribution in [0.4, 0.5) is 0 Å². The summed E-state index contributed by atoms with van der Waals surface area (Å²) in [5.74, 6) is -0.0847. The molecule has 474 valence electrons. The minimum atomic E-state index is -0.176. The Kier molecular flexibility index (Phi) is 22.8. The minimum Gasteiger partial charge on any atom is -0.293 e. The Morgan fingerprint density at radius 3 is 1.02 bits per heavy atom. The molecule has 4 aliphatic rings. The van der Waals surface area contributed by atoms with Crippen molar-refractivity contribution in [2.75, 3.05) is 13.1 Å². The summed E-state index contributed by atoms with van der Waals surface area (Å²) >= 11 is 16.5. The van der Waals surface area contributed by atoms with Crippen molar-refractivity contribution in [2.45, 2.75) is 232 Å². The fourth-order valence-corrected chi connectivity index (χ4v) is 19.2. The van der Waals surface area contributed by atoms with Crippen LogP contribution in [-0.2, 0) is 20.4 Å². The Morgan fingerprint density at radius 1 is 0.378 bits per heavy atom. The van der Waals surface area contributed by atoms with Crippen molar-refractivity contribution in [1.82, 2.24) is 27.3 Å². The number of hydrogen-bond donors (Lipinski definition) is 0. The SMILES string of the molecule is CCCCCCCCC1(CCCCCCCC)c2cc(-c3ccc(/C=C4/SC(=S)N(CC)C4=O)c4nsnc34)ccc2-c2cc3c(cc21)-c1ccc(-c2ccc(/C=C4/SC(=S)N(CC)C4=O)c4nsnc24)cc1C3(CCCCCCCC)CCCCCCCC. The molecule has 8 nitrogen and oxygen atoms in total. The molecule has 0 unspecified atom stereocenters. The monoisotopic (exact) mass is 1310 g/mol. The maximum absolute atomic E-state index is 13.5. The van der Waals surface area contributed by atoms with Gasteiger partial charge < -0.3 is 0 Å². The molecule has 0 spiro atoms. The van der Waals surface area contributed by atoms with Crippen LogP contribution in [0.25, 0.3) is 78.7 Å². The first kappa shape index (κ1) is 66.5. The summed E-state index contributed by atoms with van der Waals surface area (Å²) in [5.41, 5.74) is 21.1. The van der Waals surface area contributed by atoms with Crippen molar-refractivity contribution >= 4 is 126 Å². The first-order valence-electron chi connectivity index (χ1n) is 34.5. The molecule has 2 amide bonds. The minimum absolute atomic E-state index is 0.0423. The number of amides is 2. The van der Waals surface area contributed by atoms with Gasteiger partial charge in [-0.25, -0.2) is 0 Å². The summed E-state index contributed by atoms with van der Waals surface area (Å²) < 4.78 is 21.1. The number of benzene rings is 5. The van der Waals surface area contributed by atoms with E-state index in [4.69, 9.17) is 41.9 Å². The van der Waals surface area contributed by atoms with Crippen LogP contribution in [0, 0.1) is 0 Å². The average Bonchev–Trinajstić information content (AvgIpc) is 1.53. The summed E-state index contributed by atoms with van der Waals surface area (Å²) in [6, 6.07) is 29.1. The predicted molar refractivity (Wildman–Crippen MR) is 395 cm³/mol. The maximum atomic E-state index is 13.5. The molecular weight excluding hydrogens is 1220 g/mol. The topological polar surface area (TPSA) is 92.2 Å². The third-order valence-electron chi connectivity index (χ3n) is 20.1. The molecule has 0 radical (unpaired) electrons. The zero-order valence-corrected chi connectivity index (χ0v) is 59.1. The number of carbonyl (C=O) groups excluding carboxylic acids is 2. The lowest BCUT2D eigenvalue weighted by molar-refractivity contribution is -0.122. The van der Waals surface area contributed by atoms with Crippen LogP contribution in [0.3, 0.4) is 0 Å². The van der Waals surface area contributed by atoms with Crippen molar-refractivity contribution < 1.29 is 9.59 Å². The third-order valence-corrected chi connectivity index (χ3v) is 23.9. The number of hydrogen-bond acceptors (Lipinski definition) is 12. The number of carbonyl (C=O) groups is 2. The zero-order chi connectivity index (χ0) is 62.8. The van der Waals surface area contributed by atoms with Gasteiger partial charge in [-0.05, 0) is 132 Å². The van der Waals surface area contributed by atoms with Crippen LogP contribution in [-0.4, -0.2) is 60.8 Å². The molecule has 2 saturated heterocycles. The van der Waals surface area contributed by atoms with E-state index in [2.05, 4.69) is 100 Å². The number of thiocarbonyl (C=S) groups is 2. The van der Waals surface area contributed by atoms with Crippen molar-refractivity contribution in [3.05, 3.63) is 116 Å². The molecule has 14 heteroatoms. The smallest absolute Gasteiger partial charge is 0.266 e. The largest absolute Gasteiger partial charge is 0.293 e. The highest BCUT2D eigenvalue weighted by atomic mass is 32.2. The number of fused-ring (bicyclic) bond motifs is 8. The van der Waals surface area contributed by atoms with Gasteiger partial charge in [0.15, 0.2) is 0 Å². The first-order chi connectivity index (χ1) is 44.0. The van der Waals surface area contributed by atoms with E-state index in [1.807, 2.05) is 26.0 Å². The van der Waals surface area contributed by atoms with E-state index < -0.39 is 0 Å². The lowest BCUT2D eigenvalue weighted by atomic mass is 9.68. The second-order valence-corrected chi connectivity index (χ2v) is 30.3. The normalized spacial score (nSPS) is 16.5. The zero-order valence-electron chi connectivity index (χ0n) is 54.2. The lowest BCUT2D eigenvalue weighted by Crippen LogP contribution is -2.27. The molecule has 7 aromatic rings. The van der Waals surface area contributed by atoms with Crippen LogP contribution in [0.15, 0.2) is 82.6 Å². The van der Waals surface area contributed by atoms with E-state index in [-0.39, 0.29) is 22.6 Å². The quantitative estimate of drug-likeness (QED) is 0.0221. The van der Waals surface area contributed by atoms with Crippen molar-refractivity contribution in [3.63, 3.8) is 0 Å².